The molecule has 10 heteroatoms. The van der Waals surface area contributed by atoms with Crippen molar-refractivity contribution in [2.45, 2.75) is 495 Å². The molecule has 0 aromatic carbocycles. The lowest BCUT2D eigenvalue weighted by molar-refractivity contribution is -0.870. The lowest BCUT2D eigenvalue weighted by Gasteiger charge is -2.24. The number of esters is 2. The van der Waals surface area contributed by atoms with E-state index in [2.05, 4.69) is 13.8 Å². The predicted molar refractivity (Wildman–Crippen MR) is 418 cm³/mol. The predicted octanol–water partition coefficient (Wildman–Crippen LogP) is 29.2. The van der Waals surface area contributed by atoms with Gasteiger partial charge in [0.25, 0.3) is 0 Å². The summed E-state index contributed by atoms with van der Waals surface area (Å²) in [6, 6.07) is 0. The summed E-state index contributed by atoms with van der Waals surface area (Å²) in [6.45, 7) is 4.55. The zero-order valence-corrected chi connectivity index (χ0v) is 66.8. The van der Waals surface area contributed by atoms with E-state index in [1.165, 1.54) is 424 Å². The van der Waals surface area contributed by atoms with Crippen LogP contribution in [0.1, 0.15) is 489 Å². The van der Waals surface area contributed by atoms with Gasteiger partial charge in [-0.2, -0.15) is 0 Å². The highest BCUT2D eigenvalue weighted by Gasteiger charge is 2.27. The van der Waals surface area contributed by atoms with Gasteiger partial charge in [0, 0.05) is 12.8 Å². The third-order valence-corrected chi connectivity index (χ3v) is 21.6. The van der Waals surface area contributed by atoms with Crippen LogP contribution in [0, 0.1) is 0 Å². The molecule has 0 aliphatic rings. The van der Waals surface area contributed by atoms with E-state index in [4.69, 9.17) is 18.5 Å². The van der Waals surface area contributed by atoms with Crippen LogP contribution in [-0.4, -0.2) is 74.9 Å². The van der Waals surface area contributed by atoms with Gasteiger partial charge in [0.1, 0.15) is 19.8 Å². The van der Waals surface area contributed by atoms with E-state index in [9.17, 15) is 19.0 Å². The van der Waals surface area contributed by atoms with Crippen molar-refractivity contribution in [3.8, 4) is 0 Å². The summed E-state index contributed by atoms with van der Waals surface area (Å²) >= 11 is 0. The summed E-state index contributed by atoms with van der Waals surface area (Å²) in [5, 5.41) is 0. The van der Waals surface area contributed by atoms with Crippen molar-refractivity contribution in [3.05, 3.63) is 0 Å². The average Bonchev–Trinajstić information content (AvgIpc) is 2.16. The number of quaternary nitrogens is 1. The van der Waals surface area contributed by atoms with E-state index in [-0.39, 0.29) is 25.6 Å². The van der Waals surface area contributed by atoms with Crippen LogP contribution in [0.25, 0.3) is 0 Å². The average molecular weight is 1380 g/mol. The van der Waals surface area contributed by atoms with E-state index >= 15 is 0 Å². The Balaban J connectivity index is 3.83. The molecule has 0 fully saturated rings. The van der Waals surface area contributed by atoms with Gasteiger partial charge >= 0.3 is 19.8 Å². The second-order valence-electron chi connectivity index (χ2n) is 31.7. The lowest BCUT2D eigenvalue weighted by Crippen LogP contribution is -2.37. The van der Waals surface area contributed by atoms with Crippen LogP contribution in [0.3, 0.4) is 0 Å². The molecule has 0 heterocycles. The van der Waals surface area contributed by atoms with Gasteiger partial charge in [-0.3, -0.25) is 18.6 Å². The number of carbonyl (C=O) groups excluding carboxylic acids is 2. The molecule has 96 heavy (non-hydrogen) atoms. The number of likely N-dealkylation sites (N-methyl/N-ethyl adjacent to an activating group) is 1. The minimum Gasteiger partial charge on any atom is -0.462 e. The Morgan fingerprint density at radius 1 is 0.281 bits per heavy atom. The van der Waals surface area contributed by atoms with Gasteiger partial charge in [0.2, 0.25) is 0 Å². The van der Waals surface area contributed by atoms with E-state index in [0.29, 0.717) is 17.4 Å². The molecule has 0 aromatic rings. The second kappa shape index (κ2) is 78.2. The van der Waals surface area contributed by atoms with Gasteiger partial charge in [-0.05, 0) is 12.8 Å². The minimum absolute atomic E-state index is 0.0379. The number of hydrogen-bond donors (Lipinski definition) is 1. The fraction of sp³-hybridized carbons (Fsp3) is 0.977. The maximum atomic E-state index is 12.9. The maximum absolute atomic E-state index is 12.9. The third-order valence-electron chi connectivity index (χ3n) is 20.6. The van der Waals surface area contributed by atoms with Crippen LogP contribution in [0.2, 0.25) is 0 Å². The quantitative estimate of drug-likeness (QED) is 0.0278. The monoisotopic (exact) mass is 1380 g/mol. The summed E-state index contributed by atoms with van der Waals surface area (Å²) in [5.41, 5.74) is 0. The molecule has 0 rings (SSSR count). The molecular weight excluding hydrogens is 1210 g/mol. The molecule has 0 saturated heterocycles. The Kier molecular flexibility index (Phi) is 77.3. The number of carbonyl (C=O) groups is 2. The Morgan fingerprint density at radius 3 is 0.667 bits per heavy atom. The van der Waals surface area contributed by atoms with Gasteiger partial charge < -0.3 is 18.9 Å². The SMILES string of the molecule is CCCCCCCCCCCCCCCCCCCCCCCCCCCCCCCCCCCCCCCCC(=O)OC(COC(=O)CCCCCCCCCCCCCCCCCCCCCCCCCCCCCCCCCCCC)COP(=O)(O)OCC[N+](C)(C)C. The van der Waals surface area contributed by atoms with Crippen molar-refractivity contribution in [1.29, 1.82) is 0 Å². The standard InChI is InChI=1S/C86H172NO8P/c1-6-8-10-12-14-16-18-20-22-24-26-28-30-32-34-36-38-40-42-43-44-45-47-49-51-53-55-57-59-61-63-65-67-69-71-73-75-77-79-86(89)95-84(83-94-96(90,91)93-81-80-87(3,4)5)82-92-85(88)78-76-74-72-70-68-66-64-62-60-58-56-54-52-50-48-46-41-39-37-35-33-31-29-27-25-23-21-19-17-15-13-11-9-7-2/h84H,6-83H2,1-5H3/p+1. The highest BCUT2D eigenvalue weighted by Crippen LogP contribution is 2.43. The summed E-state index contributed by atoms with van der Waals surface area (Å²) < 4.78 is 34.9. The zero-order chi connectivity index (χ0) is 69.7. The number of hydrogen-bond acceptors (Lipinski definition) is 7. The normalized spacial score (nSPS) is 12.9. The van der Waals surface area contributed by atoms with Crippen LogP contribution in [0.4, 0.5) is 0 Å². The molecule has 0 aliphatic heterocycles. The lowest BCUT2D eigenvalue weighted by atomic mass is 10.0. The van der Waals surface area contributed by atoms with Gasteiger partial charge in [0.05, 0.1) is 27.7 Å². The van der Waals surface area contributed by atoms with Crippen LogP contribution >= 0.6 is 7.82 Å². The van der Waals surface area contributed by atoms with Crippen LogP contribution < -0.4 is 0 Å². The fourth-order valence-electron chi connectivity index (χ4n) is 14.0. The molecule has 2 unspecified atom stereocenters. The molecule has 574 valence electrons. The molecule has 9 nitrogen and oxygen atoms in total. The number of phosphoric ester groups is 1. The first-order chi connectivity index (χ1) is 47.0. The van der Waals surface area contributed by atoms with Crippen molar-refractivity contribution in [2.24, 2.45) is 0 Å². The Hall–Kier alpha value is -0.990. The smallest absolute Gasteiger partial charge is 0.462 e. The molecule has 0 spiro atoms. The van der Waals surface area contributed by atoms with Crippen molar-refractivity contribution in [2.75, 3.05) is 47.5 Å². The summed E-state index contributed by atoms with van der Waals surface area (Å²) in [5.74, 6) is -0.762. The highest BCUT2D eigenvalue weighted by molar-refractivity contribution is 7.47. The summed E-state index contributed by atoms with van der Waals surface area (Å²) in [7, 11) is 1.51. The summed E-state index contributed by atoms with van der Waals surface area (Å²) in [6.07, 6.45) is 98.7. The van der Waals surface area contributed by atoms with E-state index in [1.807, 2.05) is 21.1 Å². The van der Waals surface area contributed by atoms with Gasteiger partial charge in [-0.25, -0.2) is 4.57 Å². The number of phosphoric acid groups is 1. The van der Waals surface area contributed by atoms with Gasteiger partial charge in [-0.15, -0.1) is 0 Å². The van der Waals surface area contributed by atoms with Crippen molar-refractivity contribution < 1.29 is 42.1 Å². The number of unbranched alkanes of at least 4 members (excludes halogenated alkanes) is 70. The molecule has 2 atom stereocenters. The minimum atomic E-state index is -4.39. The largest absolute Gasteiger partial charge is 0.472 e. The Bertz CT molecular complexity index is 1570. The second-order valence-corrected chi connectivity index (χ2v) is 33.1. The topological polar surface area (TPSA) is 108 Å². The number of rotatable bonds is 84. The van der Waals surface area contributed by atoms with Crippen LogP contribution in [-0.2, 0) is 32.7 Å². The third kappa shape index (κ3) is 82.0. The van der Waals surface area contributed by atoms with Crippen molar-refractivity contribution >= 4 is 19.8 Å². The van der Waals surface area contributed by atoms with Crippen LogP contribution in [0.5, 0.6) is 0 Å². The molecule has 1 N–H and O–H groups in total. The number of ether oxygens (including phenoxy) is 2. The number of nitrogens with zero attached hydrogens (tertiary/aromatic N) is 1. The van der Waals surface area contributed by atoms with Gasteiger partial charge in [-0.1, -0.05) is 463 Å². The van der Waals surface area contributed by atoms with Crippen molar-refractivity contribution in [3.63, 3.8) is 0 Å². The van der Waals surface area contributed by atoms with E-state index < -0.39 is 26.5 Å². The van der Waals surface area contributed by atoms with E-state index in [0.717, 1.165) is 38.5 Å². The molecule has 0 radical (unpaired) electrons. The molecule has 0 aliphatic carbocycles. The molecule has 0 aromatic heterocycles. The maximum Gasteiger partial charge on any atom is 0.472 e. The molecular formula is C86H173NO8P+. The van der Waals surface area contributed by atoms with E-state index in [1.54, 1.807) is 0 Å². The van der Waals surface area contributed by atoms with Crippen LogP contribution in [0.15, 0.2) is 0 Å². The first-order valence-electron chi connectivity index (χ1n) is 43.8. The molecule has 0 amide bonds. The fourth-order valence-corrected chi connectivity index (χ4v) is 14.7. The highest BCUT2D eigenvalue weighted by atomic mass is 31.2. The molecule has 0 saturated carbocycles. The van der Waals surface area contributed by atoms with Gasteiger partial charge in [0.15, 0.2) is 6.10 Å². The molecule has 0 bridgehead atoms. The first kappa shape index (κ1) is 95.0. The zero-order valence-electron chi connectivity index (χ0n) is 65.9. The Morgan fingerprint density at radius 2 is 0.469 bits per heavy atom. The van der Waals surface area contributed by atoms with Crippen molar-refractivity contribution in [1.82, 2.24) is 0 Å². The summed E-state index contributed by atoms with van der Waals surface area (Å²) in [4.78, 5) is 36.0. The Labute approximate surface area is 601 Å². The first-order valence-corrected chi connectivity index (χ1v) is 45.3.